The molecule has 1 rings (SSSR count). The smallest absolute Gasteiger partial charge is 0.166 e. The van der Waals surface area contributed by atoms with Crippen LogP contribution >= 0.6 is 15.9 Å². The Hall–Kier alpha value is -1.08. The van der Waals surface area contributed by atoms with Crippen molar-refractivity contribution in [2.75, 3.05) is 6.61 Å². The van der Waals surface area contributed by atoms with E-state index in [1.807, 2.05) is 0 Å². The van der Waals surface area contributed by atoms with Crippen LogP contribution in [0.3, 0.4) is 0 Å². The molecule has 0 aliphatic heterocycles. The van der Waals surface area contributed by atoms with Crippen molar-refractivity contribution in [3.8, 4) is 11.8 Å². The maximum Gasteiger partial charge on any atom is 0.166 e. The predicted octanol–water partition coefficient (Wildman–Crippen LogP) is 4.05. The van der Waals surface area contributed by atoms with E-state index in [1.54, 1.807) is 12.1 Å². The maximum atomic E-state index is 13.3. The summed E-state index contributed by atoms with van der Waals surface area (Å²) in [5, 5.41) is 8.33. The van der Waals surface area contributed by atoms with Gasteiger partial charge in [0.2, 0.25) is 0 Å². The topological polar surface area (TPSA) is 33.0 Å². The molecule has 0 heterocycles. The van der Waals surface area contributed by atoms with Crippen molar-refractivity contribution >= 4 is 15.9 Å². The fraction of sp³-hybridized carbons (Fsp3) is 0.417. The fourth-order valence-corrected chi connectivity index (χ4v) is 1.59. The summed E-state index contributed by atoms with van der Waals surface area (Å²) in [7, 11) is 0. The second kappa shape index (κ2) is 7.24. The van der Waals surface area contributed by atoms with Gasteiger partial charge in [0.25, 0.3) is 0 Å². The average Bonchev–Trinajstić information content (AvgIpc) is 2.26. The van der Waals surface area contributed by atoms with Crippen LogP contribution in [0, 0.1) is 17.1 Å². The third kappa shape index (κ3) is 4.63. The average molecular weight is 286 g/mol. The lowest BCUT2D eigenvalue weighted by Crippen LogP contribution is -1.99. The van der Waals surface area contributed by atoms with Gasteiger partial charge in [-0.25, -0.2) is 4.39 Å². The van der Waals surface area contributed by atoms with E-state index in [4.69, 9.17) is 10.00 Å². The van der Waals surface area contributed by atoms with Gasteiger partial charge in [0.05, 0.1) is 12.7 Å². The monoisotopic (exact) mass is 285 g/mol. The molecule has 0 atom stereocenters. The first-order valence-electron chi connectivity index (χ1n) is 5.19. The molecule has 0 bridgehead atoms. The molecule has 0 fully saturated rings. The molecule has 0 saturated carbocycles. The highest BCUT2D eigenvalue weighted by Gasteiger charge is 2.02. The van der Waals surface area contributed by atoms with Crippen molar-refractivity contribution in [3.05, 3.63) is 28.5 Å². The van der Waals surface area contributed by atoms with Crippen molar-refractivity contribution in [3.63, 3.8) is 0 Å². The van der Waals surface area contributed by atoms with Gasteiger partial charge in [-0.1, -0.05) is 15.9 Å². The van der Waals surface area contributed by atoms with Crippen LogP contribution in [0.15, 0.2) is 22.7 Å². The molecule has 0 radical (unpaired) electrons. The summed E-state index contributed by atoms with van der Waals surface area (Å²) in [4.78, 5) is 0. The number of ether oxygens (including phenoxy) is 1. The second-order valence-electron chi connectivity index (χ2n) is 3.39. The van der Waals surface area contributed by atoms with Crippen LogP contribution in [-0.2, 0) is 0 Å². The zero-order chi connectivity index (χ0) is 11.8. The zero-order valence-corrected chi connectivity index (χ0v) is 10.5. The number of nitrogens with zero attached hydrogens (tertiary/aromatic N) is 1. The Morgan fingerprint density at radius 2 is 2.12 bits per heavy atom. The maximum absolute atomic E-state index is 13.3. The molecule has 0 amide bonds. The standard InChI is InChI=1S/C12H13BrFNO/c13-10-5-6-12(11(14)9-10)16-8-4-2-1-3-7-15/h5-6,9H,1-4,8H2. The number of rotatable bonds is 6. The van der Waals surface area contributed by atoms with Gasteiger partial charge >= 0.3 is 0 Å². The van der Waals surface area contributed by atoms with Gasteiger partial charge in [0, 0.05) is 10.9 Å². The molecule has 0 unspecified atom stereocenters. The molecule has 4 heteroatoms. The summed E-state index contributed by atoms with van der Waals surface area (Å²) in [5.41, 5.74) is 0. The van der Waals surface area contributed by atoms with Gasteiger partial charge in [0.15, 0.2) is 11.6 Å². The van der Waals surface area contributed by atoms with Gasteiger partial charge in [0.1, 0.15) is 0 Å². The molecule has 0 saturated heterocycles. The molecular weight excluding hydrogens is 273 g/mol. The summed E-state index contributed by atoms with van der Waals surface area (Å²) in [5.74, 6) is -0.0742. The van der Waals surface area contributed by atoms with Crippen molar-refractivity contribution in [1.29, 1.82) is 5.26 Å². The van der Waals surface area contributed by atoms with E-state index >= 15 is 0 Å². The minimum Gasteiger partial charge on any atom is -0.491 e. The highest BCUT2D eigenvalue weighted by molar-refractivity contribution is 9.10. The van der Waals surface area contributed by atoms with Gasteiger partial charge < -0.3 is 4.74 Å². The molecule has 0 aliphatic rings. The SMILES string of the molecule is N#CCCCCCOc1ccc(Br)cc1F. The molecule has 0 aromatic heterocycles. The molecular formula is C12H13BrFNO. The number of benzene rings is 1. The van der Waals surface area contributed by atoms with Crippen LogP contribution in [-0.4, -0.2) is 6.61 Å². The molecule has 86 valence electrons. The van der Waals surface area contributed by atoms with Gasteiger partial charge in [-0.2, -0.15) is 5.26 Å². The molecule has 2 nitrogen and oxygen atoms in total. The summed E-state index contributed by atoms with van der Waals surface area (Å²) < 4.78 is 19.3. The summed E-state index contributed by atoms with van der Waals surface area (Å²) in [6.07, 6.45) is 3.23. The molecule has 0 N–H and O–H groups in total. The molecule has 1 aromatic rings. The normalized spacial score (nSPS) is 9.81. The molecule has 0 aliphatic carbocycles. The van der Waals surface area contributed by atoms with Crippen LogP contribution in [0.4, 0.5) is 4.39 Å². The van der Waals surface area contributed by atoms with Crippen LogP contribution in [0.1, 0.15) is 25.7 Å². The number of hydrogen-bond donors (Lipinski definition) is 0. The molecule has 16 heavy (non-hydrogen) atoms. The van der Waals surface area contributed by atoms with Gasteiger partial charge in [-0.05, 0) is 37.5 Å². The number of hydrogen-bond acceptors (Lipinski definition) is 2. The van der Waals surface area contributed by atoms with Crippen molar-refractivity contribution < 1.29 is 9.13 Å². The van der Waals surface area contributed by atoms with Crippen molar-refractivity contribution in [2.24, 2.45) is 0 Å². The molecule has 0 spiro atoms. The summed E-state index contributed by atoms with van der Waals surface area (Å²) in [6, 6.07) is 6.82. The minimum absolute atomic E-state index is 0.281. The van der Waals surface area contributed by atoms with Crippen LogP contribution in [0.5, 0.6) is 5.75 Å². The van der Waals surface area contributed by atoms with Gasteiger partial charge in [-0.3, -0.25) is 0 Å². The zero-order valence-electron chi connectivity index (χ0n) is 8.88. The number of unbranched alkanes of at least 4 members (excludes halogenated alkanes) is 3. The Kier molecular flexibility index (Phi) is 5.87. The van der Waals surface area contributed by atoms with E-state index in [9.17, 15) is 4.39 Å². The third-order valence-electron chi connectivity index (χ3n) is 2.08. The first-order chi connectivity index (χ1) is 7.74. The molecule has 1 aromatic carbocycles. The van der Waals surface area contributed by atoms with E-state index in [0.29, 0.717) is 17.5 Å². The first kappa shape index (κ1) is 13.0. The minimum atomic E-state index is -0.355. The van der Waals surface area contributed by atoms with E-state index in [2.05, 4.69) is 22.0 Å². The van der Waals surface area contributed by atoms with Crippen LogP contribution < -0.4 is 4.74 Å². The quantitative estimate of drug-likeness (QED) is 0.739. The summed E-state index contributed by atoms with van der Waals surface area (Å²) in [6.45, 7) is 0.490. The Labute approximate surface area is 103 Å². The largest absolute Gasteiger partial charge is 0.491 e. The Morgan fingerprint density at radius 3 is 2.81 bits per heavy atom. The van der Waals surface area contributed by atoms with E-state index in [0.717, 1.165) is 19.3 Å². The van der Waals surface area contributed by atoms with Crippen molar-refractivity contribution in [2.45, 2.75) is 25.7 Å². The van der Waals surface area contributed by atoms with Crippen molar-refractivity contribution in [1.82, 2.24) is 0 Å². The highest BCUT2D eigenvalue weighted by atomic mass is 79.9. The predicted molar refractivity (Wildman–Crippen MR) is 63.7 cm³/mol. The number of nitriles is 1. The van der Waals surface area contributed by atoms with E-state index in [1.165, 1.54) is 6.07 Å². The third-order valence-corrected chi connectivity index (χ3v) is 2.58. The Bertz CT molecular complexity index is 376. The highest BCUT2D eigenvalue weighted by Crippen LogP contribution is 2.21. The summed E-state index contributed by atoms with van der Waals surface area (Å²) >= 11 is 3.18. The lowest BCUT2D eigenvalue weighted by molar-refractivity contribution is 0.291. The van der Waals surface area contributed by atoms with E-state index < -0.39 is 0 Å². The Morgan fingerprint density at radius 1 is 1.31 bits per heavy atom. The first-order valence-corrected chi connectivity index (χ1v) is 5.98. The lowest BCUT2D eigenvalue weighted by atomic mass is 10.2. The van der Waals surface area contributed by atoms with E-state index in [-0.39, 0.29) is 11.6 Å². The second-order valence-corrected chi connectivity index (χ2v) is 4.31. The van der Waals surface area contributed by atoms with Crippen LogP contribution in [0.2, 0.25) is 0 Å². The lowest BCUT2D eigenvalue weighted by Gasteiger charge is -2.06. The fourth-order valence-electron chi connectivity index (χ4n) is 1.26. The van der Waals surface area contributed by atoms with Gasteiger partial charge in [-0.15, -0.1) is 0 Å². The Balaban J connectivity index is 2.25. The van der Waals surface area contributed by atoms with Crippen LogP contribution in [0.25, 0.3) is 0 Å². The number of halogens is 2.